The van der Waals surface area contributed by atoms with E-state index in [-0.39, 0.29) is 0 Å². The van der Waals surface area contributed by atoms with Crippen molar-refractivity contribution in [3.05, 3.63) is 429 Å². The maximum absolute atomic E-state index is 6.86. The Hall–Kier alpha value is -14.2. The van der Waals surface area contributed by atoms with Crippen molar-refractivity contribution in [3.8, 4) is 145 Å². The SMILES string of the molecule is c1ccc(-c2ccccc2-c2c(-c3ccccc3-c3cccc4sc5ccccc5c34)ccc3c2-c2c(c(N(c4ccccc4-c4ccccc4)c4ccccc4-c4cccc5oc6ccccc6c45)c(-c4ccccc4)c(-c4ccccc4)c2-c2c4c(cc(-c5ccccc5)c2-c2ccccc2)-c2ccccc2C4)C3)cc1. The summed E-state index contributed by atoms with van der Waals surface area (Å²) in [6.45, 7) is 0. The van der Waals surface area contributed by atoms with Gasteiger partial charge >= 0.3 is 0 Å². The molecule has 528 valence electrons. The van der Waals surface area contributed by atoms with Gasteiger partial charge in [-0.25, -0.2) is 0 Å². The van der Waals surface area contributed by atoms with Crippen molar-refractivity contribution in [2.24, 2.45) is 0 Å². The molecule has 2 aliphatic carbocycles. The van der Waals surface area contributed by atoms with Crippen LogP contribution in [0.25, 0.3) is 187 Å². The molecule has 2 aliphatic rings. The average molecular weight is 1450 g/mol. The normalized spacial score (nSPS) is 12.0. The number of fused-ring (bicyclic) bond motifs is 12. The van der Waals surface area contributed by atoms with E-state index < -0.39 is 0 Å². The van der Waals surface area contributed by atoms with Gasteiger partial charge < -0.3 is 9.32 Å². The van der Waals surface area contributed by atoms with Crippen LogP contribution in [0.4, 0.5) is 17.1 Å². The molecule has 22 rings (SSSR count). The molecule has 0 saturated carbocycles. The predicted octanol–water partition coefficient (Wildman–Crippen LogP) is 30.9. The van der Waals surface area contributed by atoms with Gasteiger partial charge in [0.15, 0.2) is 0 Å². The third kappa shape index (κ3) is 10.8. The molecule has 0 N–H and O–H groups in total. The van der Waals surface area contributed by atoms with Gasteiger partial charge in [0, 0.05) is 59.6 Å². The number of thiophene rings is 1. The van der Waals surface area contributed by atoms with Gasteiger partial charge in [0.1, 0.15) is 11.2 Å². The van der Waals surface area contributed by atoms with Crippen molar-refractivity contribution in [1.82, 2.24) is 0 Å². The van der Waals surface area contributed by atoms with E-state index in [1.807, 2.05) is 11.3 Å². The standard InChI is InChI=1S/C110H71NOS/c1-7-35-70(36-8-1)78-48-21-24-54-84(78)106-87(82-52-23-22-51-81(82)85-58-34-64-99-105(85)89-56-28-32-63-98(89)113-99)66-65-77-68-93-108(102(77)106)109(107-92-67-76-47-19-20-49-79(76)91(92)69-90(72-39-11-3-12-40-72)100(107)73-41-13-4-14-42-73)101(74-43-15-5-16-44-74)103(75-45-17-6-18-46-75)110(93)111(94-59-29-25-50-80(94)71-37-9-2-10-38-71)95-60-30-26-53-83(95)86-57-33-62-97-104(86)88-55-27-31-61-96(88)112-97/h1-66,69H,67-68H2. The molecule has 3 heteroatoms. The number of para-hydroxylation sites is 3. The van der Waals surface area contributed by atoms with Crippen LogP contribution in [0.1, 0.15) is 22.3 Å². The molecule has 0 fully saturated rings. The Morgan fingerprint density at radius 3 is 1.33 bits per heavy atom. The number of hydrogen-bond acceptors (Lipinski definition) is 3. The highest BCUT2D eigenvalue weighted by molar-refractivity contribution is 7.26. The molecule has 2 heterocycles. The van der Waals surface area contributed by atoms with Gasteiger partial charge in [0.25, 0.3) is 0 Å². The van der Waals surface area contributed by atoms with Crippen molar-refractivity contribution in [2.45, 2.75) is 12.8 Å². The zero-order valence-electron chi connectivity index (χ0n) is 61.9. The molecule has 0 radical (unpaired) electrons. The van der Waals surface area contributed by atoms with Crippen LogP contribution in [0.15, 0.2) is 411 Å². The summed E-state index contributed by atoms with van der Waals surface area (Å²) in [5.41, 5.74) is 40.3. The maximum atomic E-state index is 6.86. The molecule has 113 heavy (non-hydrogen) atoms. The second kappa shape index (κ2) is 27.4. The highest BCUT2D eigenvalue weighted by atomic mass is 32.1. The molecule has 2 nitrogen and oxygen atoms in total. The molecule has 0 saturated heterocycles. The van der Waals surface area contributed by atoms with Crippen LogP contribution in [-0.2, 0) is 12.8 Å². The summed E-state index contributed by atoms with van der Waals surface area (Å²) in [7, 11) is 0. The number of anilines is 3. The first-order valence-electron chi connectivity index (χ1n) is 39.1. The molecule has 2 aromatic heterocycles. The van der Waals surface area contributed by atoms with Gasteiger partial charge in [-0.3, -0.25) is 0 Å². The summed E-state index contributed by atoms with van der Waals surface area (Å²) < 4.78 is 9.41. The Morgan fingerprint density at radius 2 is 0.655 bits per heavy atom. The number of rotatable bonds is 14. The van der Waals surface area contributed by atoms with Gasteiger partial charge in [-0.15, -0.1) is 11.3 Å². The van der Waals surface area contributed by atoms with Crippen LogP contribution < -0.4 is 4.90 Å². The lowest BCUT2D eigenvalue weighted by atomic mass is 9.74. The van der Waals surface area contributed by atoms with Crippen LogP contribution in [0.5, 0.6) is 0 Å². The Labute approximate surface area is 661 Å². The lowest BCUT2D eigenvalue weighted by Crippen LogP contribution is -2.17. The zero-order chi connectivity index (χ0) is 74.5. The van der Waals surface area contributed by atoms with E-state index in [0.717, 1.165) is 129 Å². The van der Waals surface area contributed by atoms with Crippen LogP contribution in [0.2, 0.25) is 0 Å². The summed E-state index contributed by atoms with van der Waals surface area (Å²) in [6, 6.07) is 152. The minimum atomic E-state index is 0.583. The molecule has 0 spiro atoms. The molecule has 0 aliphatic heterocycles. The van der Waals surface area contributed by atoms with E-state index in [9.17, 15) is 0 Å². The molecule has 0 bridgehead atoms. The van der Waals surface area contributed by atoms with E-state index in [0.29, 0.717) is 6.42 Å². The fourth-order valence-electron chi connectivity index (χ4n) is 18.9. The first-order valence-corrected chi connectivity index (χ1v) is 39.9. The number of hydrogen-bond donors (Lipinski definition) is 0. The van der Waals surface area contributed by atoms with Gasteiger partial charge in [-0.05, 0) is 194 Å². The Bertz CT molecular complexity index is 7140. The summed E-state index contributed by atoms with van der Waals surface area (Å²) >= 11 is 1.87. The number of benzene rings is 18. The van der Waals surface area contributed by atoms with E-state index >= 15 is 0 Å². The molecule has 0 atom stereocenters. The monoisotopic (exact) mass is 1450 g/mol. The van der Waals surface area contributed by atoms with Crippen LogP contribution in [-0.4, -0.2) is 0 Å². The van der Waals surface area contributed by atoms with Gasteiger partial charge in [0.2, 0.25) is 0 Å². The first kappa shape index (κ1) is 65.8. The molecule has 20 aromatic rings. The van der Waals surface area contributed by atoms with E-state index in [1.165, 1.54) is 104 Å². The Morgan fingerprint density at radius 1 is 0.212 bits per heavy atom. The largest absolute Gasteiger partial charge is 0.456 e. The fraction of sp³-hybridized carbons (Fsp3) is 0.0182. The molecule has 0 amide bonds. The Kier molecular flexibility index (Phi) is 16.0. The summed E-state index contributed by atoms with van der Waals surface area (Å²) in [4.78, 5) is 2.71. The van der Waals surface area contributed by atoms with E-state index in [2.05, 4.69) is 411 Å². The Balaban J connectivity index is 0.992. The smallest absolute Gasteiger partial charge is 0.136 e. The molecule has 18 aromatic carbocycles. The van der Waals surface area contributed by atoms with Gasteiger partial charge in [0.05, 0.1) is 17.1 Å². The third-order valence-corrected chi connectivity index (χ3v) is 24.7. The van der Waals surface area contributed by atoms with Crippen molar-refractivity contribution in [3.63, 3.8) is 0 Å². The molecular formula is C110H71NOS. The minimum absolute atomic E-state index is 0.583. The quantitative estimate of drug-likeness (QED) is 0.108. The third-order valence-electron chi connectivity index (χ3n) is 23.6. The summed E-state index contributed by atoms with van der Waals surface area (Å²) in [6.07, 6.45) is 1.31. The van der Waals surface area contributed by atoms with Crippen LogP contribution in [0.3, 0.4) is 0 Å². The second-order valence-electron chi connectivity index (χ2n) is 29.8. The fourth-order valence-corrected chi connectivity index (χ4v) is 20.0. The van der Waals surface area contributed by atoms with Crippen LogP contribution >= 0.6 is 11.3 Å². The lowest BCUT2D eigenvalue weighted by Gasteiger charge is -2.36. The summed E-state index contributed by atoms with van der Waals surface area (Å²) in [5, 5.41) is 4.70. The number of furan rings is 1. The molecule has 0 unspecified atom stereocenters. The highest BCUT2D eigenvalue weighted by Crippen LogP contribution is 2.66. The lowest BCUT2D eigenvalue weighted by molar-refractivity contribution is 0.669. The maximum Gasteiger partial charge on any atom is 0.136 e. The minimum Gasteiger partial charge on any atom is -0.456 e. The van der Waals surface area contributed by atoms with Crippen LogP contribution in [0, 0.1) is 0 Å². The van der Waals surface area contributed by atoms with E-state index in [4.69, 9.17) is 4.42 Å². The zero-order valence-corrected chi connectivity index (χ0v) is 62.7. The highest BCUT2D eigenvalue weighted by Gasteiger charge is 2.41. The second-order valence-corrected chi connectivity index (χ2v) is 30.9. The average Bonchev–Trinajstić information content (AvgIpc) is 1.54. The van der Waals surface area contributed by atoms with Gasteiger partial charge in [-0.1, -0.05) is 364 Å². The first-order chi connectivity index (χ1) is 56.1. The van der Waals surface area contributed by atoms with E-state index in [1.54, 1.807) is 0 Å². The van der Waals surface area contributed by atoms with Crippen molar-refractivity contribution < 1.29 is 4.42 Å². The summed E-state index contributed by atoms with van der Waals surface area (Å²) in [5.74, 6) is 0. The molecular weight excluding hydrogens is 1380 g/mol. The van der Waals surface area contributed by atoms with Crippen molar-refractivity contribution >= 4 is 70.5 Å². The van der Waals surface area contributed by atoms with Gasteiger partial charge in [-0.2, -0.15) is 0 Å². The van der Waals surface area contributed by atoms with Crippen molar-refractivity contribution in [1.29, 1.82) is 0 Å². The predicted molar refractivity (Wildman–Crippen MR) is 478 cm³/mol. The van der Waals surface area contributed by atoms with Crippen molar-refractivity contribution in [2.75, 3.05) is 4.90 Å². The topological polar surface area (TPSA) is 16.4 Å². The number of nitrogens with zero attached hydrogens (tertiary/aromatic N) is 1.